The van der Waals surface area contributed by atoms with E-state index in [-0.39, 0.29) is 5.69 Å². The molecule has 0 unspecified atom stereocenters. The standard InChI is InChI=1S/C14H18N4O3/c1-8-6-13(9(2)5-12(8)18(19)20)21-14-11(7-15)10(3)16-17(14)4/h5-6H,7,15H2,1-4H3. The van der Waals surface area contributed by atoms with Crippen LogP contribution in [-0.4, -0.2) is 14.7 Å². The van der Waals surface area contributed by atoms with E-state index in [0.717, 1.165) is 11.3 Å². The van der Waals surface area contributed by atoms with Gasteiger partial charge in [0.25, 0.3) is 5.69 Å². The minimum Gasteiger partial charge on any atom is -0.439 e. The van der Waals surface area contributed by atoms with Gasteiger partial charge in [0.1, 0.15) is 5.75 Å². The summed E-state index contributed by atoms with van der Waals surface area (Å²) in [7, 11) is 1.77. The number of rotatable bonds is 4. The van der Waals surface area contributed by atoms with Gasteiger partial charge in [-0.25, -0.2) is 4.68 Å². The predicted molar refractivity (Wildman–Crippen MR) is 78.5 cm³/mol. The third kappa shape index (κ3) is 2.73. The minimum absolute atomic E-state index is 0.0834. The van der Waals surface area contributed by atoms with Crippen molar-refractivity contribution in [2.24, 2.45) is 12.8 Å². The summed E-state index contributed by atoms with van der Waals surface area (Å²) in [5.41, 5.74) is 8.69. The van der Waals surface area contributed by atoms with Crippen LogP contribution in [0, 0.1) is 30.9 Å². The first-order valence-corrected chi connectivity index (χ1v) is 6.51. The maximum absolute atomic E-state index is 10.9. The van der Waals surface area contributed by atoms with Crippen molar-refractivity contribution in [1.29, 1.82) is 0 Å². The van der Waals surface area contributed by atoms with Crippen molar-refractivity contribution in [3.8, 4) is 11.6 Å². The molecule has 112 valence electrons. The van der Waals surface area contributed by atoms with Crippen LogP contribution in [0.25, 0.3) is 0 Å². The largest absolute Gasteiger partial charge is 0.439 e. The molecule has 1 aromatic carbocycles. The Morgan fingerprint density at radius 2 is 2.00 bits per heavy atom. The van der Waals surface area contributed by atoms with E-state index in [2.05, 4.69) is 5.10 Å². The minimum atomic E-state index is -0.397. The van der Waals surface area contributed by atoms with Crippen LogP contribution in [0.1, 0.15) is 22.4 Å². The Bertz CT molecular complexity index is 707. The van der Waals surface area contributed by atoms with Crippen molar-refractivity contribution in [2.75, 3.05) is 0 Å². The summed E-state index contributed by atoms with van der Waals surface area (Å²) in [6.45, 7) is 5.64. The number of nitro benzene ring substituents is 1. The highest BCUT2D eigenvalue weighted by Gasteiger charge is 2.18. The van der Waals surface area contributed by atoms with Crippen molar-refractivity contribution in [1.82, 2.24) is 9.78 Å². The highest BCUT2D eigenvalue weighted by molar-refractivity contribution is 5.50. The van der Waals surface area contributed by atoms with E-state index in [1.165, 1.54) is 6.07 Å². The number of hydrogen-bond donors (Lipinski definition) is 1. The average molecular weight is 290 g/mol. The Balaban J connectivity index is 2.46. The zero-order valence-corrected chi connectivity index (χ0v) is 12.5. The number of aromatic nitrogens is 2. The van der Waals surface area contributed by atoms with Crippen LogP contribution >= 0.6 is 0 Å². The molecule has 1 aromatic heterocycles. The van der Waals surface area contributed by atoms with Crippen molar-refractivity contribution >= 4 is 5.69 Å². The third-order valence-electron chi connectivity index (χ3n) is 3.39. The summed E-state index contributed by atoms with van der Waals surface area (Å²) >= 11 is 0. The maximum atomic E-state index is 10.9. The summed E-state index contributed by atoms with van der Waals surface area (Å²) < 4.78 is 7.51. The van der Waals surface area contributed by atoms with Crippen LogP contribution in [0.2, 0.25) is 0 Å². The lowest BCUT2D eigenvalue weighted by Gasteiger charge is -2.11. The van der Waals surface area contributed by atoms with E-state index >= 15 is 0 Å². The smallest absolute Gasteiger partial charge is 0.272 e. The van der Waals surface area contributed by atoms with E-state index < -0.39 is 4.92 Å². The molecule has 0 bridgehead atoms. The molecule has 0 saturated carbocycles. The molecule has 0 aliphatic heterocycles. The second kappa shape index (κ2) is 5.53. The molecule has 7 nitrogen and oxygen atoms in total. The lowest BCUT2D eigenvalue weighted by molar-refractivity contribution is -0.385. The molecule has 0 aliphatic rings. The molecule has 7 heteroatoms. The molecule has 21 heavy (non-hydrogen) atoms. The van der Waals surface area contributed by atoms with Crippen molar-refractivity contribution in [3.63, 3.8) is 0 Å². The average Bonchev–Trinajstić information content (AvgIpc) is 2.67. The normalized spacial score (nSPS) is 10.7. The van der Waals surface area contributed by atoms with E-state index in [1.807, 2.05) is 6.92 Å². The van der Waals surface area contributed by atoms with Gasteiger partial charge in [0, 0.05) is 25.2 Å². The fourth-order valence-electron chi connectivity index (χ4n) is 2.23. The van der Waals surface area contributed by atoms with Gasteiger partial charge < -0.3 is 10.5 Å². The molecular weight excluding hydrogens is 272 g/mol. The second-order valence-electron chi connectivity index (χ2n) is 4.96. The highest BCUT2D eigenvalue weighted by atomic mass is 16.6. The Morgan fingerprint density at radius 3 is 2.57 bits per heavy atom. The topological polar surface area (TPSA) is 96.2 Å². The van der Waals surface area contributed by atoms with Gasteiger partial charge in [-0.2, -0.15) is 5.10 Å². The van der Waals surface area contributed by atoms with Crippen LogP contribution in [0.5, 0.6) is 11.6 Å². The van der Waals surface area contributed by atoms with E-state index in [9.17, 15) is 10.1 Å². The quantitative estimate of drug-likeness (QED) is 0.689. The summed E-state index contributed by atoms with van der Waals surface area (Å²) in [5.74, 6) is 1.13. The maximum Gasteiger partial charge on any atom is 0.272 e. The monoisotopic (exact) mass is 290 g/mol. The zero-order chi connectivity index (χ0) is 15.7. The number of nitro groups is 1. The number of nitrogens with zero attached hydrogens (tertiary/aromatic N) is 3. The second-order valence-corrected chi connectivity index (χ2v) is 4.96. The molecule has 2 rings (SSSR count). The lowest BCUT2D eigenvalue weighted by Crippen LogP contribution is -2.02. The third-order valence-corrected chi connectivity index (χ3v) is 3.39. The van der Waals surface area contributed by atoms with Gasteiger partial charge in [0.15, 0.2) is 0 Å². The molecule has 0 saturated heterocycles. The predicted octanol–water partition coefficient (Wildman–Crippen LogP) is 2.50. The van der Waals surface area contributed by atoms with E-state index in [0.29, 0.717) is 29.3 Å². The van der Waals surface area contributed by atoms with E-state index in [1.54, 1.807) is 31.6 Å². The Kier molecular flexibility index (Phi) is 3.95. The molecule has 0 radical (unpaired) electrons. The van der Waals surface area contributed by atoms with Gasteiger partial charge in [-0.3, -0.25) is 10.1 Å². The summed E-state index contributed by atoms with van der Waals surface area (Å²) in [6, 6.07) is 3.17. The zero-order valence-electron chi connectivity index (χ0n) is 12.5. The molecule has 0 spiro atoms. The molecule has 2 N–H and O–H groups in total. The SMILES string of the molecule is Cc1cc([N+](=O)[O-])c(C)cc1Oc1c(CN)c(C)nn1C. The van der Waals surface area contributed by atoms with Crippen molar-refractivity contribution in [3.05, 3.63) is 44.6 Å². The van der Waals surface area contributed by atoms with Crippen molar-refractivity contribution in [2.45, 2.75) is 27.3 Å². The summed E-state index contributed by atoms with van der Waals surface area (Å²) in [4.78, 5) is 10.5. The fraction of sp³-hybridized carbons (Fsp3) is 0.357. The molecule has 0 fully saturated rings. The Hall–Kier alpha value is -2.41. The number of nitrogens with two attached hydrogens (primary N) is 1. The van der Waals surface area contributed by atoms with Crippen LogP contribution in [-0.2, 0) is 13.6 Å². The molecule has 0 aliphatic carbocycles. The molecule has 2 aromatic rings. The van der Waals surface area contributed by atoms with Gasteiger partial charge in [-0.15, -0.1) is 0 Å². The number of hydrogen-bond acceptors (Lipinski definition) is 5. The van der Waals surface area contributed by atoms with Gasteiger partial charge in [0.05, 0.1) is 16.2 Å². The number of aryl methyl sites for hydroxylation is 4. The van der Waals surface area contributed by atoms with Gasteiger partial charge in [-0.05, 0) is 32.4 Å². The van der Waals surface area contributed by atoms with Crippen LogP contribution in [0.15, 0.2) is 12.1 Å². The van der Waals surface area contributed by atoms with Gasteiger partial charge >= 0.3 is 0 Å². The Labute approximate surface area is 122 Å². The molecule has 1 heterocycles. The number of benzene rings is 1. The first-order chi connectivity index (χ1) is 9.85. The first kappa shape index (κ1) is 15.0. The lowest BCUT2D eigenvalue weighted by atomic mass is 10.1. The molecular formula is C14H18N4O3. The molecule has 0 atom stereocenters. The van der Waals surface area contributed by atoms with Gasteiger partial charge in [0.2, 0.25) is 5.88 Å². The van der Waals surface area contributed by atoms with Crippen LogP contribution in [0.4, 0.5) is 5.69 Å². The van der Waals surface area contributed by atoms with Crippen LogP contribution in [0.3, 0.4) is 0 Å². The molecule has 0 amide bonds. The van der Waals surface area contributed by atoms with Crippen molar-refractivity contribution < 1.29 is 9.66 Å². The van der Waals surface area contributed by atoms with E-state index in [4.69, 9.17) is 10.5 Å². The fourth-order valence-corrected chi connectivity index (χ4v) is 2.23. The Morgan fingerprint density at radius 1 is 1.33 bits per heavy atom. The summed E-state index contributed by atoms with van der Waals surface area (Å²) in [6.07, 6.45) is 0. The highest BCUT2D eigenvalue weighted by Crippen LogP contribution is 2.33. The first-order valence-electron chi connectivity index (χ1n) is 6.51. The van der Waals surface area contributed by atoms with Gasteiger partial charge in [-0.1, -0.05) is 0 Å². The number of ether oxygens (including phenoxy) is 1. The summed E-state index contributed by atoms with van der Waals surface area (Å²) in [5, 5.41) is 15.2. The van der Waals surface area contributed by atoms with Crippen LogP contribution < -0.4 is 10.5 Å².